The van der Waals surface area contributed by atoms with E-state index in [-0.39, 0.29) is 39.1 Å². The number of amides is 1. The van der Waals surface area contributed by atoms with Crippen molar-refractivity contribution in [2.24, 2.45) is 7.05 Å². The van der Waals surface area contributed by atoms with Crippen LogP contribution in [0.2, 0.25) is 0 Å². The molecule has 0 radical (unpaired) electrons. The zero-order valence-corrected chi connectivity index (χ0v) is 17.3. The Balaban J connectivity index is 2.37. The number of aryl methyl sites for hydroxylation is 2. The molecule has 0 spiro atoms. The molecule has 0 bridgehead atoms. The number of fused-ring (bicyclic) bond motifs is 1. The van der Waals surface area contributed by atoms with Crippen LogP contribution in [0.5, 0.6) is 0 Å². The van der Waals surface area contributed by atoms with Gasteiger partial charge in [0, 0.05) is 14.1 Å². The highest BCUT2D eigenvalue weighted by Crippen LogP contribution is 2.33. The van der Waals surface area contributed by atoms with E-state index in [1.807, 2.05) is 0 Å². The number of nitrogens with zero attached hydrogens (tertiary/aromatic N) is 4. The summed E-state index contributed by atoms with van der Waals surface area (Å²) in [6.45, 7) is 2.85. The molecule has 3 heterocycles. The van der Waals surface area contributed by atoms with Crippen molar-refractivity contribution in [2.45, 2.75) is 24.9 Å². The van der Waals surface area contributed by atoms with Crippen LogP contribution in [-0.4, -0.2) is 46.6 Å². The predicted octanol–water partition coefficient (Wildman–Crippen LogP) is 2.51. The second-order valence-electron chi connectivity index (χ2n) is 6.48. The topological polar surface area (TPSA) is 107 Å². The summed E-state index contributed by atoms with van der Waals surface area (Å²) in [5.74, 6) is -0.774. The average Bonchev–Trinajstić information content (AvgIpc) is 3.03. The van der Waals surface area contributed by atoms with E-state index in [1.54, 1.807) is 0 Å². The van der Waals surface area contributed by atoms with Gasteiger partial charge in [-0.2, -0.15) is 13.2 Å². The zero-order valence-electron chi connectivity index (χ0n) is 16.5. The molecule has 12 heteroatoms. The molecule has 3 aromatic heterocycles. The third kappa shape index (κ3) is 3.62. The number of rotatable bonds is 4. The van der Waals surface area contributed by atoms with Gasteiger partial charge in [0.15, 0.2) is 15.7 Å². The van der Waals surface area contributed by atoms with Gasteiger partial charge in [-0.25, -0.2) is 23.4 Å². The van der Waals surface area contributed by atoms with Crippen molar-refractivity contribution in [3.63, 3.8) is 0 Å². The van der Waals surface area contributed by atoms with Crippen LogP contribution in [0.1, 0.15) is 28.8 Å². The molecular weight excluding hydrogens is 423 g/mol. The summed E-state index contributed by atoms with van der Waals surface area (Å²) >= 11 is 0. The minimum Gasteiger partial charge on any atom is -0.354 e. The molecule has 0 aliphatic rings. The fourth-order valence-electron chi connectivity index (χ4n) is 3.07. The smallest absolute Gasteiger partial charge is 0.354 e. The van der Waals surface area contributed by atoms with Crippen molar-refractivity contribution in [1.29, 1.82) is 0 Å². The van der Waals surface area contributed by atoms with Gasteiger partial charge in [-0.3, -0.25) is 4.79 Å². The predicted molar refractivity (Wildman–Crippen MR) is 103 cm³/mol. The maximum atomic E-state index is 13.1. The number of pyridine rings is 2. The Morgan fingerprint density at radius 3 is 2.43 bits per heavy atom. The molecule has 0 aliphatic heterocycles. The van der Waals surface area contributed by atoms with Crippen LogP contribution in [-0.2, 0) is 23.1 Å². The zero-order chi connectivity index (χ0) is 22.4. The molecule has 0 atom stereocenters. The summed E-state index contributed by atoms with van der Waals surface area (Å²) in [7, 11) is -0.856. The maximum absolute atomic E-state index is 13.1. The number of aromatic nitrogens is 4. The highest BCUT2D eigenvalue weighted by Gasteiger charge is 2.34. The van der Waals surface area contributed by atoms with E-state index in [0.717, 1.165) is 6.07 Å². The molecule has 1 amide bonds. The Kier molecular flexibility index (Phi) is 5.31. The number of alkyl halides is 3. The number of nitrogens with one attached hydrogen (secondary N) is 1. The van der Waals surface area contributed by atoms with Crippen LogP contribution in [0.25, 0.3) is 22.6 Å². The van der Waals surface area contributed by atoms with Gasteiger partial charge in [0.1, 0.15) is 17.1 Å². The standard InChI is InChI=1S/C18H18F3N5O3S/c1-5-30(28,29)12-7-6-10(17(27)22-3)24-14(12)16-25-11-8-13(18(19,20)21)23-9(2)15(11)26(16)4/h6-8H,5H2,1-4H3,(H,22,27). The van der Waals surface area contributed by atoms with Gasteiger partial charge in [0.05, 0.1) is 27.4 Å². The lowest BCUT2D eigenvalue weighted by atomic mass is 10.2. The van der Waals surface area contributed by atoms with Gasteiger partial charge in [0.25, 0.3) is 5.91 Å². The second-order valence-corrected chi connectivity index (χ2v) is 8.73. The molecule has 160 valence electrons. The SMILES string of the molecule is CCS(=O)(=O)c1ccc(C(=O)NC)nc1-c1nc2cc(C(F)(F)F)nc(C)c2n1C. The van der Waals surface area contributed by atoms with Crippen molar-refractivity contribution in [1.82, 2.24) is 24.8 Å². The van der Waals surface area contributed by atoms with E-state index < -0.39 is 27.6 Å². The maximum Gasteiger partial charge on any atom is 0.433 e. The molecule has 0 saturated heterocycles. The van der Waals surface area contributed by atoms with Gasteiger partial charge in [-0.1, -0.05) is 6.92 Å². The van der Waals surface area contributed by atoms with Gasteiger partial charge in [-0.05, 0) is 25.1 Å². The minimum atomic E-state index is -4.66. The van der Waals surface area contributed by atoms with E-state index in [0.29, 0.717) is 5.52 Å². The minimum absolute atomic E-state index is 0.00648. The van der Waals surface area contributed by atoms with Crippen LogP contribution in [0.4, 0.5) is 13.2 Å². The van der Waals surface area contributed by atoms with E-state index >= 15 is 0 Å². The van der Waals surface area contributed by atoms with Crippen LogP contribution >= 0.6 is 0 Å². The molecule has 3 aromatic rings. The monoisotopic (exact) mass is 441 g/mol. The van der Waals surface area contributed by atoms with Crippen LogP contribution in [0.15, 0.2) is 23.1 Å². The second kappa shape index (κ2) is 7.35. The van der Waals surface area contributed by atoms with E-state index in [2.05, 4.69) is 20.3 Å². The first-order chi connectivity index (χ1) is 13.9. The summed E-state index contributed by atoms with van der Waals surface area (Å²) in [6.07, 6.45) is -4.66. The van der Waals surface area contributed by atoms with Crippen LogP contribution in [0.3, 0.4) is 0 Å². The summed E-state index contributed by atoms with van der Waals surface area (Å²) in [6, 6.07) is 3.31. The number of halogens is 3. The molecular formula is C18H18F3N5O3S. The van der Waals surface area contributed by atoms with Crippen LogP contribution in [0, 0.1) is 6.92 Å². The Morgan fingerprint density at radius 1 is 1.20 bits per heavy atom. The quantitative estimate of drug-likeness (QED) is 0.667. The van der Waals surface area contributed by atoms with Gasteiger partial charge >= 0.3 is 6.18 Å². The van der Waals surface area contributed by atoms with Gasteiger partial charge in [-0.15, -0.1) is 0 Å². The fraction of sp³-hybridized carbons (Fsp3) is 0.333. The number of hydrogen-bond donors (Lipinski definition) is 1. The molecule has 8 nitrogen and oxygen atoms in total. The van der Waals surface area contributed by atoms with Crippen molar-refractivity contribution in [2.75, 3.05) is 12.8 Å². The molecule has 0 aromatic carbocycles. The van der Waals surface area contributed by atoms with E-state index in [9.17, 15) is 26.4 Å². The lowest BCUT2D eigenvalue weighted by Crippen LogP contribution is -2.20. The lowest BCUT2D eigenvalue weighted by Gasteiger charge is -2.11. The van der Waals surface area contributed by atoms with E-state index in [4.69, 9.17) is 0 Å². The third-order valence-electron chi connectivity index (χ3n) is 4.56. The van der Waals surface area contributed by atoms with Crippen molar-refractivity contribution in [3.05, 3.63) is 35.3 Å². The molecule has 0 fully saturated rings. The number of imidazole rings is 1. The van der Waals surface area contributed by atoms with Crippen molar-refractivity contribution in [3.8, 4) is 11.5 Å². The molecule has 0 aliphatic carbocycles. The third-order valence-corrected chi connectivity index (χ3v) is 6.32. The average molecular weight is 441 g/mol. The fourth-order valence-corrected chi connectivity index (χ4v) is 4.09. The van der Waals surface area contributed by atoms with Gasteiger partial charge < -0.3 is 9.88 Å². The Bertz CT molecular complexity index is 1270. The first kappa shape index (κ1) is 21.7. The van der Waals surface area contributed by atoms with E-state index in [1.165, 1.54) is 44.6 Å². The Hall–Kier alpha value is -3.02. The van der Waals surface area contributed by atoms with Crippen molar-refractivity contribution < 1.29 is 26.4 Å². The highest BCUT2D eigenvalue weighted by molar-refractivity contribution is 7.91. The molecule has 0 saturated carbocycles. The Labute approximate surface area is 170 Å². The Morgan fingerprint density at radius 2 is 1.87 bits per heavy atom. The summed E-state index contributed by atoms with van der Waals surface area (Å²) in [5.41, 5.74) is -0.927. The molecule has 0 unspecified atom stereocenters. The lowest BCUT2D eigenvalue weighted by molar-refractivity contribution is -0.141. The van der Waals surface area contributed by atoms with Gasteiger partial charge in [0.2, 0.25) is 0 Å². The first-order valence-electron chi connectivity index (χ1n) is 8.78. The number of hydrogen-bond acceptors (Lipinski definition) is 6. The van der Waals surface area contributed by atoms with Crippen molar-refractivity contribution >= 4 is 26.8 Å². The molecule has 1 N–H and O–H groups in total. The number of sulfone groups is 1. The molecule has 3 rings (SSSR count). The normalized spacial score (nSPS) is 12.4. The summed E-state index contributed by atoms with van der Waals surface area (Å²) in [4.78, 5) is 23.8. The first-order valence-corrected chi connectivity index (χ1v) is 10.4. The highest BCUT2D eigenvalue weighted by atomic mass is 32.2. The molecule has 30 heavy (non-hydrogen) atoms. The summed E-state index contributed by atoms with van der Waals surface area (Å²) < 4.78 is 66.0. The van der Waals surface area contributed by atoms with Crippen LogP contribution < -0.4 is 5.32 Å². The number of carbonyl (C=O) groups is 1. The largest absolute Gasteiger partial charge is 0.433 e. The number of carbonyl (C=O) groups excluding carboxylic acids is 1. The summed E-state index contributed by atoms with van der Waals surface area (Å²) in [5, 5.41) is 2.39.